The summed E-state index contributed by atoms with van der Waals surface area (Å²) in [6.45, 7) is 4.02. The smallest absolute Gasteiger partial charge is 0.0285 e. The van der Waals surface area contributed by atoms with Gasteiger partial charge in [0.1, 0.15) is 0 Å². The molecule has 15 heavy (non-hydrogen) atoms. The quantitative estimate of drug-likeness (QED) is 0.620. The number of hydrogen-bond acceptors (Lipinski definition) is 1. The van der Waals surface area contributed by atoms with Gasteiger partial charge >= 0.3 is 0 Å². The third-order valence-corrected chi connectivity index (χ3v) is 3.93. The molecule has 0 spiro atoms. The van der Waals surface area contributed by atoms with E-state index < -0.39 is 0 Å². The molecule has 2 unspecified atom stereocenters. The van der Waals surface area contributed by atoms with E-state index in [0.717, 1.165) is 11.8 Å². The maximum absolute atomic E-state index is 7.64. The normalized spacial score (nSPS) is 35.9. The molecular weight excluding hydrogens is 182 g/mol. The Labute approximate surface area is 92.8 Å². The topological polar surface area (TPSA) is 23.9 Å². The lowest BCUT2D eigenvalue weighted by molar-refractivity contribution is 0.384. The molecule has 2 aliphatic carbocycles. The monoisotopic (exact) mass is 203 g/mol. The molecule has 0 heterocycles. The van der Waals surface area contributed by atoms with Gasteiger partial charge in [0.15, 0.2) is 0 Å². The fourth-order valence-electron chi connectivity index (χ4n) is 3.26. The molecule has 2 fully saturated rings. The van der Waals surface area contributed by atoms with Crippen LogP contribution in [-0.4, -0.2) is 5.71 Å². The van der Waals surface area contributed by atoms with Crippen LogP contribution in [0.25, 0.3) is 0 Å². The SMILES string of the molecule is C/C=C1/CCC2CCCC2/C1=C/C(C)=N. The van der Waals surface area contributed by atoms with Crippen molar-refractivity contribution in [2.75, 3.05) is 0 Å². The Hall–Kier alpha value is -0.850. The number of nitrogens with one attached hydrogen (secondary N) is 1. The van der Waals surface area contributed by atoms with Crippen LogP contribution in [0.1, 0.15) is 46.0 Å². The van der Waals surface area contributed by atoms with Crippen molar-refractivity contribution in [3.8, 4) is 0 Å². The second-order valence-corrected chi connectivity index (χ2v) is 4.93. The van der Waals surface area contributed by atoms with E-state index in [-0.39, 0.29) is 0 Å². The van der Waals surface area contributed by atoms with Crippen molar-refractivity contribution in [1.29, 1.82) is 5.41 Å². The molecule has 0 radical (unpaired) electrons. The summed E-state index contributed by atoms with van der Waals surface area (Å²) in [7, 11) is 0. The maximum Gasteiger partial charge on any atom is 0.0285 e. The van der Waals surface area contributed by atoms with Crippen molar-refractivity contribution in [2.45, 2.75) is 46.0 Å². The molecule has 2 aliphatic rings. The Morgan fingerprint density at radius 1 is 1.33 bits per heavy atom. The average molecular weight is 203 g/mol. The van der Waals surface area contributed by atoms with E-state index >= 15 is 0 Å². The Balaban J connectivity index is 2.30. The third-order valence-electron chi connectivity index (χ3n) is 3.93. The molecule has 2 saturated carbocycles. The highest BCUT2D eigenvalue weighted by atomic mass is 14.4. The minimum Gasteiger partial charge on any atom is -0.306 e. The molecule has 0 saturated heterocycles. The van der Waals surface area contributed by atoms with E-state index in [1.165, 1.54) is 43.3 Å². The minimum atomic E-state index is 0.705. The van der Waals surface area contributed by atoms with E-state index in [2.05, 4.69) is 19.1 Å². The summed E-state index contributed by atoms with van der Waals surface area (Å²) < 4.78 is 0. The van der Waals surface area contributed by atoms with Crippen molar-refractivity contribution in [1.82, 2.24) is 0 Å². The maximum atomic E-state index is 7.64. The molecule has 0 amide bonds. The van der Waals surface area contributed by atoms with Crippen molar-refractivity contribution in [3.05, 3.63) is 23.3 Å². The lowest BCUT2D eigenvalue weighted by Crippen LogP contribution is -2.19. The number of hydrogen-bond donors (Lipinski definition) is 1. The van der Waals surface area contributed by atoms with Gasteiger partial charge in [-0.3, -0.25) is 0 Å². The zero-order chi connectivity index (χ0) is 10.8. The predicted molar refractivity (Wildman–Crippen MR) is 65.3 cm³/mol. The average Bonchev–Trinajstić information content (AvgIpc) is 2.65. The predicted octanol–water partition coefficient (Wildman–Crippen LogP) is 4.11. The van der Waals surface area contributed by atoms with E-state index in [1.54, 1.807) is 0 Å². The molecule has 2 rings (SSSR count). The van der Waals surface area contributed by atoms with Crippen molar-refractivity contribution in [2.24, 2.45) is 11.8 Å². The summed E-state index contributed by atoms with van der Waals surface area (Å²) in [5.74, 6) is 1.68. The molecule has 0 bridgehead atoms. The number of allylic oxidation sites excluding steroid dienone is 4. The van der Waals surface area contributed by atoms with Crippen LogP contribution in [0, 0.1) is 17.2 Å². The molecule has 2 atom stereocenters. The highest BCUT2D eigenvalue weighted by molar-refractivity contribution is 5.91. The second kappa shape index (κ2) is 4.34. The third kappa shape index (κ3) is 2.06. The van der Waals surface area contributed by atoms with Crippen molar-refractivity contribution in [3.63, 3.8) is 0 Å². The van der Waals surface area contributed by atoms with Gasteiger partial charge in [-0.05, 0) is 68.6 Å². The van der Waals surface area contributed by atoms with Crippen LogP contribution in [0.4, 0.5) is 0 Å². The Morgan fingerprint density at radius 2 is 2.13 bits per heavy atom. The van der Waals surface area contributed by atoms with Gasteiger partial charge in [0.2, 0.25) is 0 Å². The first-order valence-electron chi connectivity index (χ1n) is 6.14. The van der Waals surface area contributed by atoms with E-state index in [1.807, 2.05) is 6.92 Å². The standard InChI is InChI=1S/C14H21N/c1-3-11-7-8-12-5-4-6-13(12)14(11)9-10(2)15/h3,9,12-13,15H,4-8H2,1-2H3/b11-3-,14-9+,15-10?. The van der Waals surface area contributed by atoms with Crippen molar-refractivity contribution >= 4 is 5.71 Å². The Bertz CT molecular complexity index is 322. The van der Waals surface area contributed by atoms with E-state index in [9.17, 15) is 0 Å². The summed E-state index contributed by atoms with van der Waals surface area (Å²) in [4.78, 5) is 0. The molecule has 82 valence electrons. The Kier molecular flexibility index (Phi) is 3.08. The molecule has 0 aromatic rings. The summed E-state index contributed by atoms with van der Waals surface area (Å²) in [6.07, 6.45) is 11.1. The van der Waals surface area contributed by atoms with Crippen LogP contribution in [0.2, 0.25) is 0 Å². The second-order valence-electron chi connectivity index (χ2n) is 4.93. The highest BCUT2D eigenvalue weighted by Crippen LogP contribution is 2.47. The highest BCUT2D eigenvalue weighted by Gasteiger charge is 2.34. The minimum absolute atomic E-state index is 0.705. The van der Waals surface area contributed by atoms with Crippen LogP contribution in [0.5, 0.6) is 0 Å². The molecule has 1 heteroatoms. The molecular formula is C14H21N. The zero-order valence-corrected chi connectivity index (χ0v) is 9.84. The fourth-order valence-corrected chi connectivity index (χ4v) is 3.26. The summed E-state index contributed by atoms with van der Waals surface area (Å²) in [5.41, 5.74) is 3.69. The van der Waals surface area contributed by atoms with Gasteiger partial charge in [0.25, 0.3) is 0 Å². The molecule has 1 N–H and O–H groups in total. The van der Waals surface area contributed by atoms with Gasteiger partial charge in [0.05, 0.1) is 0 Å². The zero-order valence-electron chi connectivity index (χ0n) is 9.84. The van der Waals surface area contributed by atoms with E-state index in [4.69, 9.17) is 5.41 Å². The van der Waals surface area contributed by atoms with Gasteiger partial charge in [0, 0.05) is 5.71 Å². The van der Waals surface area contributed by atoms with Crippen LogP contribution in [-0.2, 0) is 0 Å². The van der Waals surface area contributed by atoms with Crippen molar-refractivity contribution < 1.29 is 0 Å². The number of rotatable bonds is 1. The van der Waals surface area contributed by atoms with Crippen LogP contribution >= 0.6 is 0 Å². The van der Waals surface area contributed by atoms with Gasteiger partial charge in [-0.2, -0.15) is 0 Å². The van der Waals surface area contributed by atoms with Gasteiger partial charge < -0.3 is 5.41 Å². The summed E-state index contributed by atoms with van der Waals surface area (Å²) >= 11 is 0. The lowest BCUT2D eigenvalue weighted by Gasteiger charge is -2.30. The fraction of sp³-hybridized carbons (Fsp3) is 0.643. The first-order chi connectivity index (χ1) is 7.22. The lowest BCUT2D eigenvalue weighted by atomic mass is 9.74. The van der Waals surface area contributed by atoms with Crippen LogP contribution < -0.4 is 0 Å². The summed E-state index contributed by atoms with van der Waals surface area (Å²) in [5, 5.41) is 7.64. The largest absolute Gasteiger partial charge is 0.306 e. The molecule has 0 aromatic carbocycles. The van der Waals surface area contributed by atoms with E-state index in [0.29, 0.717) is 5.71 Å². The first-order valence-corrected chi connectivity index (χ1v) is 6.14. The number of fused-ring (bicyclic) bond motifs is 1. The van der Waals surface area contributed by atoms with Crippen LogP contribution in [0.3, 0.4) is 0 Å². The molecule has 0 aromatic heterocycles. The van der Waals surface area contributed by atoms with Crippen LogP contribution in [0.15, 0.2) is 23.3 Å². The summed E-state index contributed by atoms with van der Waals surface area (Å²) in [6, 6.07) is 0. The van der Waals surface area contributed by atoms with Gasteiger partial charge in [-0.1, -0.05) is 12.5 Å². The molecule has 1 nitrogen and oxygen atoms in total. The van der Waals surface area contributed by atoms with Gasteiger partial charge in [-0.15, -0.1) is 0 Å². The first kappa shape index (κ1) is 10.7. The van der Waals surface area contributed by atoms with Gasteiger partial charge in [-0.25, -0.2) is 0 Å². The Morgan fingerprint density at radius 3 is 2.80 bits per heavy atom. The molecule has 0 aliphatic heterocycles.